The predicted octanol–water partition coefficient (Wildman–Crippen LogP) is 3.40. The largest absolute Gasteiger partial charge is 0.389 e. The first-order valence-corrected chi connectivity index (χ1v) is 10.7. The van der Waals surface area contributed by atoms with Gasteiger partial charge in [0.1, 0.15) is 0 Å². The van der Waals surface area contributed by atoms with Gasteiger partial charge in [-0.3, -0.25) is 4.90 Å². The quantitative estimate of drug-likeness (QED) is 0.830. The van der Waals surface area contributed by atoms with Crippen LogP contribution in [0.3, 0.4) is 0 Å². The molecule has 0 unspecified atom stereocenters. The number of aliphatic hydroxyl groups is 1. The Morgan fingerprint density at radius 3 is 2.44 bits per heavy atom. The molecule has 1 saturated heterocycles. The lowest BCUT2D eigenvalue weighted by Gasteiger charge is -2.43. The third-order valence-corrected chi connectivity index (χ3v) is 7.56. The summed E-state index contributed by atoms with van der Waals surface area (Å²) in [5, 5.41) is 10.6. The minimum atomic E-state index is -0.396. The molecule has 1 aromatic carbocycles. The number of benzene rings is 1. The van der Waals surface area contributed by atoms with Crippen LogP contribution in [0.15, 0.2) is 30.3 Å². The lowest BCUT2D eigenvalue weighted by molar-refractivity contribution is -0.113. The van der Waals surface area contributed by atoms with Gasteiger partial charge in [-0.1, -0.05) is 39.0 Å². The first-order valence-electron chi connectivity index (χ1n) is 10.7. The zero-order valence-electron chi connectivity index (χ0n) is 17.2. The van der Waals surface area contributed by atoms with Gasteiger partial charge in [0.05, 0.1) is 18.8 Å². The molecule has 0 amide bonds. The molecule has 27 heavy (non-hydrogen) atoms. The summed E-state index contributed by atoms with van der Waals surface area (Å²) in [6.07, 6.45) is 3.81. The third-order valence-electron chi connectivity index (χ3n) is 7.56. The Morgan fingerprint density at radius 1 is 1.11 bits per heavy atom. The van der Waals surface area contributed by atoms with Gasteiger partial charge in [-0.15, -0.1) is 0 Å². The van der Waals surface area contributed by atoms with Crippen molar-refractivity contribution in [1.29, 1.82) is 0 Å². The number of rotatable bonds is 6. The fraction of sp³-hybridized carbons (Fsp3) is 0.739. The number of hydrogen-bond acceptors (Lipinski definition) is 4. The van der Waals surface area contributed by atoms with Crippen molar-refractivity contribution in [2.24, 2.45) is 16.7 Å². The molecule has 1 aromatic rings. The second kappa shape index (κ2) is 7.38. The number of nitrogens with zero attached hydrogens (tertiary/aromatic N) is 2. The number of para-hydroxylation sites is 1. The highest BCUT2D eigenvalue weighted by atomic mass is 16.5. The van der Waals surface area contributed by atoms with Crippen molar-refractivity contribution in [3.8, 4) is 0 Å². The molecule has 4 nitrogen and oxygen atoms in total. The van der Waals surface area contributed by atoms with Crippen LogP contribution in [0.25, 0.3) is 0 Å². The van der Waals surface area contributed by atoms with Crippen LogP contribution < -0.4 is 4.90 Å². The number of anilines is 1. The van der Waals surface area contributed by atoms with Gasteiger partial charge in [-0.25, -0.2) is 0 Å². The Kier molecular flexibility index (Phi) is 5.26. The van der Waals surface area contributed by atoms with E-state index in [1.807, 2.05) is 0 Å². The Morgan fingerprint density at radius 2 is 1.81 bits per heavy atom. The number of piperazine rings is 1. The third kappa shape index (κ3) is 3.76. The van der Waals surface area contributed by atoms with Gasteiger partial charge in [0.2, 0.25) is 0 Å². The summed E-state index contributed by atoms with van der Waals surface area (Å²) in [5.74, 6) is 0.788. The van der Waals surface area contributed by atoms with E-state index in [1.54, 1.807) is 0 Å². The molecule has 0 radical (unpaired) electrons. The maximum Gasteiger partial charge on any atom is 0.0900 e. The fourth-order valence-corrected chi connectivity index (χ4v) is 6.06. The summed E-state index contributed by atoms with van der Waals surface area (Å²) >= 11 is 0. The summed E-state index contributed by atoms with van der Waals surface area (Å²) in [6.45, 7) is 12.3. The van der Waals surface area contributed by atoms with Crippen LogP contribution in [-0.2, 0) is 4.74 Å². The summed E-state index contributed by atoms with van der Waals surface area (Å²) in [5.41, 5.74) is 1.86. The number of fused-ring (bicyclic) bond motifs is 2. The van der Waals surface area contributed by atoms with Crippen LogP contribution in [-0.4, -0.2) is 61.5 Å². The molecule has 150 valence electrons. The van der Waals surface area contributed by atoms with Crippen molar-refractivity contribution >= 4 is 5.69 Å². The maximum atomic E-state index is 10.6. The van der Waals surface area contributed by atoms with Crippen LogP contribution in [0.5, 0.6) is 0 Å². The van der Waals surface area contributed by atoms with Crippen molar-refractivity contribution in [2.45, 2.75) is 52.2 Å². The molecule has 1 heterocycles. The average Bonchev–Trinajstić information content (AvgIpc) is 3.14. The van der Waals surface area contributed by atoms with Gasteiger partial charge < -0.3 is 14.7 Å². The van der Waals surface area contributed by atoms with Crippen molar-refractivity contribution in [1.82, 2.24) is 4.90 Å². The van der Waals surface area contributed by atoms with E-state index in [2.05, 4.69) is 60.9 Å². The van der Waals surface area contributed by atoms with Gasteiger partial charge in [0.25, 0.3) is 0 Å². The molecular formula is C23H36N2O2. The lowest BCUT2D eigenvalue weighted by Crippen LogP contribution is -2.50. The highest BCUT2D eigenvalue weighted by molar-refractivity contribution is 5.46. The Bertz CT molecular complexity index is 622. The minimum Gasteiger partial charge on any atom is -0.389 e. The fourth-order valence-electron chi connectivity index (χ4n) is 6.06. The molecule has 3 aliphatic rings. The van der Waals surface area contributed by atoms with Crippen LogP contribution >= 0.6 is 0 Å². The minimum absolute atomic E-state index is 0.244. The lowest BCUT2D eigenvalue weighted by atomic mass is 9.70. The van der Waals surface area contributed by atoms with Crippen LogP contribution in [0.4, 0.5) is 5.69 Å². The molecule has 1 aliphatic heterocycles. The first kappa shape index (κ1) is 19.2. The monoisotopic (exact) mass is 372 g/mol. The standard InChI is InChI=1S/C23H36N2O2/c1-22(2)18-9-10-23(3,15-18)21(22)27-17-20(26)16-24-11-13-25(14-12-24)19-7-5-4-6-8-19/h4-8,18,20-21,26H,9-17H2,1-3H3/t18-,20-,21-,23-/m1/s1. The Hall–Kier alpha value is -1.10. The van der Waals surface area contributed by atoms with Gasteiger partial charge in [-0.2, -0.15) is 0 Å². The molecule has 2 saturated carbocycles. The van der Waals surface area contributed by atoms with Gasteiger partial charge in [-0.05, 0) is 48.1 Å². The molecule has 4 atom stereocenters. The molecule has 0 spiro atoms. The molecule has 3 fully saturated rings. The van der Waals surface area contributed by atoms with Gasteiger partial charge >= 0.3 is 0 Å². The summed E-state index contributed by atoms with van der Waals surface area (Å²) in [7, 11) is 0. The number of aliphatic hydroxyl groups excluding tert-OH is 1. The second-order valence-corrected chi connectivity index (χ2v) is 9.91. The summed E-state index contributed by atoms with van der Waals surface area (Å²) in [6, 6.07) is 10.6. The van der Waals surface area contributed by atoms with Gasteiger partial charge in [0.15, 0.2) is 0 Å². The van der Waals surface area contributed by atoms with E-state index in [0.717, 1.165) is 38.6 Å². The van der Waals surface area contributed by atoms with Crippen LogP contribution in [0.2, 0.25) is 0 Å². The highest BCUT2D eigenvalue weighted by Gasteiger charge is 2.60. The second-order valence-electron chi connectivity index (χ2n) is 9.91. The number of hydrogen-bond donors (Lipinski definition) is 1. The van der Waals surface area contributed by atoms with Crippen molar-refractivity contribution < 1.29 is 9.84 Å². The molecule has 4 heteroatoms. The van der Waals surface area contributed by atoms with Crippen LogP contribution in [0.1, 0.15) is 40.0 Å². The molecule has 2 aliphatic carbocycles. The van der Waals surface area contributed by atoms with E-state index in [1.165, 1.54) is 24.9 Å². The van der Waals surface area contributed by atoms with Crippen molar-refractivity contribution in [3.05, 3.63) is 30.3 Å². The molecule has 2 bridgehead atoms. The number of ether oxygens (including phenoxy) is 1. The molecule has 0 aromatic heterocycles. The zero-order chi connectivity index (χ0) is 19.1. The van der Waals surface area contributed by atoms with Crippen molar-refractivity contribution in [2.75, 3.05) is 44.2 Å². The van der Waals surface area contributed by atoms with Crippen molar-refractivity contribution in [3.63, 3.8) is 0 Å². The topological polar surface area (TPSA) is 35.9 Å². The van der Waals surface area contributed by atoms with E-state index >= 15 is 0 Å². The predicted molar refractivity (Wildman–Crippen MR) is 110 cm³/mol. The zero-order valence-corrected chi connectivity index (χ0v) is 17.2. The van der Waals surface area contributed by atoms with Crippen LogP contribution in [0, 0.1) is 16.7 Å². The maximum absolute atomic E-state index is 10.6. The van der Waals surface area contributed by atoms with E-state index in [4.69, 9.17) is 4.74 Å². The normalized spacial score (nSPS) is 34.1. The average molecular weight is 373 g/mol. The highest BCUT2D eigenvalue weighted by Crippen LogP contribution is 2.63. The summed E-state index contributed by atoms with van der Waals surface area (Å²) < 4.78 is 6.36. The van der Waals surface area contributed by atoms with E-state index < -0.39 is 6.10 Å². The van der Waals surface area contributed by atoms with E-state index in [-0.39, 0.29) is 11.5 Å². The smallest absolute Gasteiger partial charge is 0.0900 e. The SMILES string of the molecule is CC1(C)[C@@H]2CC[C@](C)(C2)[C@@H]1OC[C@H](O)CN1CCN(c2ccccc2)CC1. The van der Waals surface area contributed by atoms with E-state index in [9.17, 15) is 5.11 Å². The number of β-amino-alcohol motifs (C(OH)–C–C–N with tert-alkyl or cyclic N) is 1. The van der Waals surface area contributed by atoms with E-state index in [0.29, 0.717) is 12.0 Å². The molecule has 4 rings (SSSR count). The summed E-state index contributed by atoms with van der Waals surface area (Å²) in [4.78, 5) is 4.80. The first-order chi connectivity index (χ1) is 12.9. The Balaban J connectivity index is 1.23. The van der Waals surface area contributed by atoms with Gasteiger partial charge in [0, 0.05) is 38.4 Å². The Labute approximate surface area is 164 Å². The molecule has 1 N–H and O–H groups in total. The molecular weight excluding hydrogens is 336 g/mol.